The number of likely N-dealkylation sites (N-methyl/N-ethyl adjacent to an activating group) is 1. The Balaban J connectivity index is 1.82. The van der Waals surface area contributed by atoms with Gasteiger partial charge < -0.3 is 14.8 Å². The predicted molar refractivity (Wildman–Crippen MR) is 102 cm³/mol. The number of nitrogens with one attached hydrogen (secondary N) is 1. The van der Waals surface area contributed by atoms with E-state index in [1.807, 2.05) is 26.2 Å². The van der Waals surface area contributed by atoms with Crippen molar-refractivity contribution in [1.29, 1.82) is 0 Å². The van der Waals surface area contributed by atoms with Crippen LogP contribution in [0.15, 0.2) is 52.8 Å². The third kappa shape index (κ3) is 3.50. The van der Waals surface area contributed by atoms with Gasteiger partial charge in [0.1, 0.15) is 5.56 Å². The lowest BCUT2D eigenvalue weighted by Gasteiger charge is -2.24. The summed E-state index contributed by atoms with van der Waals surface area (Å²) in [7, 11) is 5.62. The Hall–Kier alpha value is -2.44. The zero-order valence-corrected chi connectivity index (χ0v) is 15.3. The Morgan fingerprint density at radius 2 is 2.00 bits per heavy atom. The summed E-state index contributed by atoms with van der Waals surface area (Å²) in [5.74, 6) is -0.340. The van der Waals surface area contributed by atoms with Gasteiger partial charge in [0.15, 0.2) is 0 Å². The minimum Gasteiger partial charge on any atom is -0.350 e. The minimum atomic E-state index is -0.340. The van der Waals surface area contributed by atoms with Crippen molar-refractivity contribution >= 4 is 27.3 Å². The van der Waals surface area contributed by atoms with Gasteiger partial charge in [0.2, 0.25) is 0 Å². The number of hydrogen-bond acceptors (Lipinski definition) is 4. The number of hydrogen-bond donors (Lipinski definition) is 1. The Labute approximate surface area is 150 Å². The number of aryl methyl sites for hydroxylation is 1. The zero-order chi connectivity index (χ0) is 18.0. The molecule has 0 saturated heterocycles. The fraction of sp³-hybridized carbons (Fsp3) is 0.263. The molecule has 3 rings (SSSR count). The number of rotatable bonds is 5. The van der Waals surface area contributed by atoms with Crippen molar-refractivity contribution in [3.63, 3.8) is 0 Å². The van der Waals surface area contributed by atoms with E-state index in [9.17, 15) is 9.59 Å². The molecule has 0 aliphatic heterocycles. The first kappa shape index (κ1) is 17.4. The van der Waals surface area contributed by atoms with E-state index in [0.29, 0.717) is 6.54 Å². The molecule has 0 aliphatic rings. The molecule has 2 heterocycles. The highest BCUT2D eigenvalue weighted by molar-refractivity contribution is 7.17. The van der Waals surface area contributed by atoms with Gasteiger partial charge in [-0.15, -0.1) is 11.3 Å². The maximum atomic E-state index is 12.4. The molecule has 0 fully saturated rings. The Bertz CT molecular complexity index is 958. The third-order valence-electron chi connectivity index (χ3n) is 4.32. The van der Waals surface area contributed by atoms with E-state index in [1.54, 1.807) is 36.7 Å². The van der Waals surface area contributed by atoms with Crippen LogP contribution in [0.3, 0.4) is 0 Å². The zero-order valence-electron chi connectivity index (χ0n) is 14.5. The van der Waals surface area contributed by atoms with Crippen LogP contribution >= 0.6 is 11.3 Å². The second kappa shape index (κ2) is 7.21. The van der Waals surface area contributed by atoms with Gasteiger partial charge in [-0.2, -0.15) is 0 Å². The second-order valence-electron chi connectivity index (χ2n) is 6.21. The SMILES string of the molecule is CN(C)[C@H](CNC(=O)c1cccn(C)c1=O)c1csc2ccccc12. The van der Waals surface area contributed by atoms with Crippen LogP contribution in [-0.2, 0) is 7.05 Å². The fourth-order valence-corrected chi connectivity index (χ4v) is 3.89. The van der Waals surface area contributed by atoms with Gasteiger partial charge in [0.25, 0.3) is 11.5 Å². The maximum absolute atomic E-state index is 12.4. The van der Waals surface area contributed by atoms with Crippen LogP contribution in [0, 0.1) is 0 Å². The molecule has 0 radical (unpaired) electrons. The molecule has 3 aromatic rings. The van der Waals surface area contributed by atoms with Gasteiger partial charge in [0, 0.05) is 24.5 Å². The molecule has 0 saturated carbocycles. The van der Waals surface area contributed by atoms with E-state index < -0.39 is 0 Å². The van der Waals surface area contributed by atoms with Gasteiger partial charge >= 0.3 is 0 Å². The predicted octanol–water partition coefficient (Wildman–Crippen LogP) is 2.63. The monoisotopic (exact) mass is 355 g/mol. The molecule has 0 spiro atoms. The lowest BCUT2D eigenvalue weighted by Crippen LogP contribution is -2.37. The molecular weight excluding hydrogens is 334 g/mol. The van der Waals surface area contributed by atoms with Gasteiger partial charge in [-0.1, -0.05) is 18.2 Å². The van der Waals surface area contributed by atoms with Gasteiger partial charge in [-0.05, 0) is 48.6 Å². The molecule has 0 aliphatic carbocycles. The molecule has 5 nitrogen and oxygen atoms in total. The molecule has 0 unspecified atom stereocenters. The highest BCUT2D eigenvalue weighted by Gasteiger charge is 2.20. The quantitative estimate of drug-likeness (QED) is 0.765. The summed E-state index contributed by atoms with van der Waals surface area (Å²) < 4.78 is 2.64. The summed E-state index contributed by atoms with van der Waals surface area (Å²) in [5.41, 5.74) is 1.06. The molecule has 25 heavy (non-hydrogen) atoms. The number of fused-ring (bicyclic) bond motifs is 1. The Kier molecular flexibility index (Phi) is 5.01. The van der Waals surface area contributed by atoms with E-state index >= 15 is 0 Å². The van der Waals surface area contributed by atoms with E-state index in [0.717, 1.165) is 0 Å². The van der Waals surface area contributed by atoms with E-state index in [4.69, 9.17) is 0 Å². The second-order valence-corrected chi connectivity index (χ2v) is 7.13. The number of thiophene rings is 1. The van der Waals surface area contributed by atoms with Crippen molar-refractivity contribution in [1.82, 2.24) is 14.8 Å². The summed E-state index contributed by atoms with van der Waals surface area (Å²) in [5, 5.41) is 6.26. The van der Waals surface area contributed by atoms with Gasteiger partial charge in [-0.25, -0.2) is 0 Å². The normalized spacial score (nSPS) is 12.5. The number of nitrogens with zero attached hydrogens (tertiary/aromatic N) is 2. The number of aromatic nitrogens is 1. The van der Waals surface area contributed by atoms with Crippen LogP contribution < -0.4 is 10.9 Å². The molecule has 6 heteroatoms. The molecule has 0 bridgehead atoms. The number of benzene rings is 1. The summed E-state index contributed by atoms with van der Waals surface area (Å²) in [6.07, 6.45) is 1.64. The summed E-state index contributed by atoms with van der Waals surface area (Å²) >= 11 is 1.70. The number of amides is 1. The first-order chi connectivity index (χ1) is 12.0. The molecule has 1 aromatic carbocycles. The van der Waals surface area contributed by atoms with E-state index in [-0.39, 0.29) is 23.1 Å². The number of carbonyl (C=O) groups is 1. The topological polar surface area (TPSA) is 54.3 Å². The Morgan fingerprint density at radius 3 is 2.76 bits per heavy atom. The molecule has 2 aromatic heterocycles. The van der Waals surface area contributed by atoms with Crippen molar-refractivity contribution in [2.75, 3.05) is 20.6 Å². The Morgan fingerprint density at radius 1 is 1.24 bits per heavy atom. The summed E-state index contributed by atoms with van der Waals surface area (Å²) in [6, 6.07) is 11.5. The van der Waals surface area contributed by atoms with E-state index in [2.05, 4.69) is 27.7 Å². The lowest BCUT2D eigenvalue weighted by atomic mass is 10.0. The fourth-order valence-electron chi connectivity index (χ4n) is 2.88. The lowest BCUT2D eigenvalue weighted by molar-refractivity contribution is 0.0940. The maximum Gasteiger partial charge on any atom is 0.263 e. The highest BCUT2D eigenvalue weighted by Crippen LogP contribution is 2.31. The molecule has 1 N–H and O–H groups in total. The van der Waals surface area contributed by atoms with Crippen LogP contribution in [0.25, 0.3) is 10.1 Å². The van der Waals surface area contributed by atoms with Crippen LogP contribution in [0.2, 0.25) is 0 Å². The van der Waals surface area contributed by atoms with Crippen molar-refractivity contribution in [3.8, 4) is 0 Å². The van der Waals surface area contributed by atoms with Crippen LogP contribution in [0.5, 0.6) is 0 Å². The third-order valence-corrected chi connectivity index (χ3v) is 5.30. The first-order valence-corrected chi connectivity index (χ1v) is 8.93. The number of pyridine rings is 1. The molecule has 1 atom stereocenters. The first-order valence-electron chi connectivity index (χ1n) is 8.05. The molecule has 1 amide bonds. The van der Waals surface area contributed by atoms with Crippen LogP contribution in [0.4, 0.5) is 0 Å². The summed E-state index contributed by atoms with van der Waals surface area (Å²) in [6.45, 7) is 0.435. The molecular formula is C19H21N3O2S. The standard InChI is InChI=1S/C19H21N3O2S/c1-21(2)16(15-12-25-17-9-5-4-7-13(15)17)11-20-18(23)14-8-6-10-22(3)19(14)24/h4-10,12,16H,11H2,1-3H3,(H,20,23)/t16-/m1/s1. The van der Waals surface area contributed by atoms with Crippen molar-refractivity contribution in [3.05, 3.63) is 69.5 Å². The van der Waals surface area contributed by atoms with Gasteiger partial charge in [-0.3, -0.25) is 9.59 Å². The largest absolute Gasteiger partial charge is 0.350 e. The van der Waals surface area contributed by atoms with Crippen molar-refractivity contribution in [2.45, 2.75) is 6.04 Å². The summed E-state index contributed by atoms with van der Waals surface area (Å²) in [4.78, 5) is 26.6. The highest BCUT2D eigenvalue weighted by atomic mass is 32.1. The average molecular weight is 355 g/mol. The van der Waals surface area contributed by atoms with Crippen LogP contribution in [0.1, 0.15) is 22.0 Å². The molecule has 130 valence electrons. The minimum absolute atomic E-state index is 0.0349. The van der Waals surface area contributed by atoms with Crippen molar-refractivity contribution in [2.24, 2.45) is 7.05 Å². The van der Waals surface area contributed by atoms with Crippen molar-refractivity contribution < 1.29 is 4.79 Å². The average Bonchev–Trinajstić information content (AvgIpc) is 3.01. The number of carbonyl (C=O) groups excluding carboxylic acids is 1. The van der Waals surface area contributed by atoms with E-state index in [1.165, 1.54) is 20.2 Å². The van der Waals surface area contributed by atoms with Gasteiger partial charge in [0.05, 0.1) is 6.04 Å². The smallest absolute Gasteiger partial charge is 0.263 e. The van der Waals surface area contributed by atoms with Crippen LogP contribution in [-0.4, -0.2) is 36.0 Å².